The number of rotatable bonds is 1. The van der Waals surface area contributed by atoms with E-state index in [1.165, 1.54) is 0 Å². The molecule has 12 heavy (non-hydrogen) atoms. The fourth-order valence-electron chi connectivity index (χ4n) is 0.625. The summed E-state index contributed by atoms with van der Waals surface area (Å²) in [5, 5.41) is 17.2. The lowest BCUT2D eigenvalue weighted by Gasteiger charge is -1.94. The average Bonchev–Trinajstić information content (AvgIpc) is 2.07. The van der Waals surface area contributed by atoms with Crippen molar-refractivity contribution in [3.05, 3.63) is 30.3 Å². The van der Waals surface area contributed by atoms with Gasteiger partial charge < -0.3 is 10.0 Å². The van der Waals surface area contributed by atoms with Crippen molar-refractivity contribution in [1.29, 1.82) is 0 Å². The molecule has 1 aromatic carbocycles. The minimum Gasteiger partial charge on any atom is -0.423 e. The van der Waals surface area contributed by atoms with E-state index in [4.69, 9.17) is 19.6 Å². The smallest absolute Gasteiger partial charge is 0.423 e. The summed E-state index contributed by atoms with van der Waals surface area (Å²) in [5.74, 6) is 0. The van der Waals surface area contributed by atoms with Crippen LogP contribution in [-0.2, 0) is 9.59 Å². The third-order valence-corrected chi connectivity index (χ3v) is 1.10. The SMILES string of the molecule is O=C=O.OB(O)c1ccccc1. The monoisotopic (exact) mass is 166 g/mol. The largest absolute Gasteiger partial charge is 0.488 e. The van der Waals surface area contributed by atoms with Crippen LogP contribution in [0.25, 0.3) is 0 Å². The molecule has 1 rings (SSSR count). The summed E-state index contributed by atoms with van der Waals surface area (Å²) in [6.45, 7) is 0. The van der Waals surface area contributed by atoms with Crippen molar-refractivity contribution in [3.63, 3.8) is 0 Å². The molecule has 0 heterocycles. The van der Waals surface area contributed by atoms with Gasteiger partial charge in [0.15, 0.2) is 0 Å². The number of benzene rings is 1. The van der Waals surface area contributed by atoms with Gasteiger partial charge in [-0.15, -0.1) is 0 Å². The van der Waals surface area contributed by atoms with Crippen molar-refractivity contribution in [1.82, 2.24) is 0 Å². The van der Waals surface area contributed by atoms with Crippen LogP contribution in [-0.4, -0.2) is 23.3 Å². The second-order valence-corrected chi connectivity index (χ2v) is 1.87. The van der Waals surface area contributed by atoms with Gasteiger partial charge in [-0.3, -0.25) is 0 Å². The van der Waals surface area contributed by atoms with Gasteiger partial charge in [-0.1, -0.05) is 30.3 Å². The Hall–Kier alpha value is -1.42. The second-order valence-electron chi connectivity index (χ2n) is 1.87. The van der Waals surface area contributed by atoms with Crippen molar-refractivity contribution in [2.24, 2.45) is 0 Å². The molecule has 0 aromatic heterocycles. The molecule has 5 heteroatoms. The summed E-state index contributed by atoms with van der Waals surface area (Å²) in [5.41, 5.74) is 0.525. The summed E-state index contributed by atoms with van der Waals surface area (Å²) < 4.78 is 0. The molecule has 4 nitrogen and oxygen atoms in total. The van der Waals surface area contributed by atoms with Gasteiger partial charge in [-0.25, -0.2) is 0 Å². The van der Waals surface area contributed by atoms with Crippen LogP contribution in [0.2, 0.25) is 0 Å². The minimum absolute atomic E-state index is 0.250. The van der Waals surface area contributed by atoms with E-state index < -0.39 is 7.12 Å². The Morgan fingerprint density at radius 3 is 1.75 bits per heavy atom. The highest BCUT2D eigenvalue weighted by atomic mass is 16.4. The van der Waals surface area contributed by atoms with E-state index in [-0.39, 0.29) is 6.15 Å². The maximum atomic E-state index is 8.58. The molecule has 0 aliphatic rings. The third-order valence-electron chi connectivity index (χ3n) is 1.10. The maximum absolute atomic E-state index is 8.58. The number of carbonyl (C=O) groups excluding carboxylic acids is 2. The fraction of sp³-hybridized carbons (Fsp3) is 0. The Bertz CT molecular complexity index is 241. The molecular weight excluding hydrogens is 159 g/mol. The van der Waals surface area contributed by atoms with Crippen molar-refractivity contribution in [2.75, 3.05) is 0 Å². The summed E-state index contributed by atoms with van der Waals surface area (Å²) in [6.07, 6.45) is 0.250. The zero-order valence-electron chi connectivity index (χ0n) is 6.18. The minimum atomic E-state index is -1.34. The topological polar surface area (TPSA) is 74.6 Å². The lowest BCUT2D eigenvalue weighted by Crippen LogP contribution is -2.29. The second kappa shape index (κ2) is 6.31. The Morgan fingerprint density at radius 2 is 1.50 bits per heavy atom. The highest BCUT2D eigenvalue weighted by Gasteiger charge is 2.07. The van der Waals surface area contributed by atoms with E-state index in [0.717, 1.165) is 0 Å². The van der Waals surface area contributed by atoms with E-state index in [1.807, 2.05) is 6.07 Å². The van der Waals surface area contributed by atoms with Crippen LogP contribution < -0.4 is 5.46 Å². The molecule has 0 unspecified atom stereocenters. The Kier molecular flexibility index (Phi) is 5.56. The summed E-state index contributed by atoms with van der Waals surface area (Å²) >= 11 is 0. The molecule has 0 saturated heterocycles. The first-order valence-corrected chi connectivity index (χ1v) is 3.12. The standard InChI is InChI=1S/C6H7BO2.CO2/c8-7(9)6-4-2-1-3-5-6;2-1-3/h1-5,8-9H;. The maximum Gasteiger partial charge on any atom is 0.488 e. The van der Waals surface area contributed by atoms with Crippen LogP contribution in [0.3, 0.4) is 0 Å². The molecule has 1 aromatic rings. The predicted molar refractivity (Wildman–Crippen MR) is 41.3 cm³/mol. The fourth-order valence-corrected chi connectivity index (χ4v) is 0.625. The number of hydrogen-bond donors (Lipinski definition) is 2. The van der Waals surface area contributed by atoms with Gasteiger partial charge in [-0.05, 0) is 5.46 Å². The summed E-state index contributed by atoms with van der Waals surface area (Å²) in [6, 6.07) is 8.66. The zero-order chi connectivity index (χ0) is 9.40. The molecule has 0 amide bonds. The van der Waals surface area contributed by atoms with E-state index in [2.05, 4.69) is 0 Å². The normalized spacial score (nSPS) is 7.50. The molecule has 0 saturated carbocycles. The van der Waals surface area contributed by atoms with Gasteiger partial charge in [0.25, 0.3) is 0 Å². The van der Waals surface area contributed by atoms with Crippen LogP contribution in [0.5, 0.6) is 0 Å². The first-order valence-electron chi connectivity index (χ1n) is 3.12. The molecule has 0 fully saturated rings. The average molecular weight is 166 g/mol. The lowest BCUT2D eigenvalue weighted by atomic mass is 9.81. The summed E-state index contributed by atoms with van der Waals surface area (Å²) in [7, 11) is -1.34. The van der Waals surface area contributed by atoms with Gasteiger partial charge in [-0.2, -0.15) is 9.59 Å². The molecular formula is C7H7BO4. The first-order chi connectivity index (χ1) is 5.72. The first kappa shape index (κ1) is 10.6. The molecule has 0 spiro atoms. The van der Waals surface area contributed by atoms with Gasteiger partial charge in [0.1, 0.15) is 0 Å². The Morgan fingerprint density at radius 1 is 1.08 bits per heavy atom. The lowest BCUT2D eigenvalue weighted by molar-refractivity contribution is -0.191. The zero-order valence-corrected chi connectivity index (χ0v) is 6.18. The summed E-state index contributed by atoms with van der Waals surface area (Å²) in [4.78, 5) is 16.2. The quantitative estimate of drug-likeness (QED) is 0.513. The number of hydrogen-bond acceptors (Lipinski definition) is 4. The molecule has 0 bridgehead atoms. The molecule has 2 N–H and O–H groups in total. The van der Waals surface area contributed by atoms with Gasteiger partial charge >= 0.3 is 13.3 Å². The Labute approximate surface area is 69.6 Å². The van der Waals surface area contributed by atoms with Crippen molar-refractivity contribution < 1.29 is 19.6 Å². The van der Waals surface area contributed by atoms with Crippen LogP contribution in [0.15, 0.2) is 30.3 Å². The molecule has 0 radical (unpaired) electrons. The van der Waals surface area contributed by atoms with Crippen molar-refractivity contribution in [3.8, 4) is 0 Å². The van der Waals surface area contributed by atoms with E-state index >= 15 is 0 Å². The van der Waals surface area contributed by atoms with Crippen LogP contribution in [0, 0.1) is 0 Å². The van der Waals surface area contributed by atoms with Crippen molar-refractivity contribution >= 4 is 18.7 Å². The van der Waals surface area contributed by atoms with Gasteiger partial charge in [0.05, 0.1) is 0 Å². The highest BCUT2D eigenvalue weighted by Crippen LogP contribution is 1.82. The molecule has 0 aliphatic heterocycles. The predicted octanol–water partition coefficient (Wildman–Crippen LogP) is -1.22. The van der Waals surface area contributed by atoms with Crippen LogP contribution in [0.1, 0.15) is 0 Å². The van der Waals surface area contributed by atoms with Crippen molar-refractivity contribution in [2.45, 2.75) is 0 Å². The van der Waals surface area contributed by atoms with Crippen LogP contribution >= 0.6 is 0 Å². The van der Waals surface area contributed by atoms with Gasteiger partial charge in [0, 0.05) is 0 Å². The van der Waals surface area contributed by atoms with Crippen LogP contribution in [0.4, 0.5) is 0 Å². The van der Waals surface area contributed by atoms with E-state index in [9.17, 15) is 0 Å². The molecule has 0 aliphatic carbocycles. The highest BCUT2D eigenvalue weighted by molar-refractivity contribution is 6.58. The molecule has 62 valence electrons. The third kappa shape index (κ3) is 4.41. The van der Waals surface area contributed by atoms with Gasteiger partial charge in [0.2, 0.25) is 0 Å². The van der Waals surface area contributed by atoms with E-state index in [1.54, 1.807) is 24.3 Å². The molecule has 0 atom stereocenters. The Balaban J connectivity index is 0.000000354. The van der Waals surface area contributed by atoms with E-state index in [0.29, 0.717) is 5.46 Å².